The first-order valence-corrected chi connectivity index (χ1v) is 11.8. The highest BCUT2D eigenvalue weighted by Crippen LogP contribution is 2.22. The summed E-state index contributed by atoms with van der Waals surface area (Å²) in [5, 5.41) is 8.76. The van der Waals surface area contributed by atoms with Crippen LogP contribution in [-0.4, -0.2) is 64.1 Å². The zero-order valence-corrected chi connectivity index (χ0v) is 19.3. The minimum atomic E-state index is -0.475. The first kappa shape index (κ1) is 22.9. The van der Waals surface area contributed by atoms with Gasteiger partial charge in [-0.1, -0.05) is 36.4 Å². The van der Waals surface area contributed by atoms with Gasteiger partial charge in [-0.15, -0.1) is 0 Å². The molecule has 4 rings (SSSR count). The first-order chi connectivity index (χ1) is 15.5. The highest BCUT2D eigenvalue weighted by Gasteiger charge is 2.29. The van der Waals surface area contributed by atoms with Crippen molar-refractivity contribution in [2.75, 3.05) is 26.2 Å². The summed E-state index contributed by atoms with van der Waals surface area (Å²) >= 11 is 0. The Hall–Kier alpha value is -2.25. The Kier molecular flexibility index (Phi) is 7.58. The van der Waals surface area contributed by atoms with Crippen molar-refractivity contribution in [1.82, 2.24) is 20.2 Å². The minimum absolute atomic E-state index is 0.467. The van der Waals surface area contributed by atoms with Crippen molar-refractivity contribution in [3.05, 3.63) is 70.8 Å². The smallest absolute Gasteiger partial charge is 0.274 e. The van der Waals surface area contributed by atoms with Crippen molar-refractivity contribution in [2.24, 2.45) is 0 Å². The van der Waals surface area contributed by atoms with E-state index in [0.29, 0.717) is 17.6 Å². The fraction of sp³-hybridized carbons (Fsp3) is 0.500. The third-order valence-electron chi connectivity index (χ3n) is 6.89. The van der Waals surface area contributed by atoms with Gasteiger partial charge in [0, 0.05) is 50.4 Å². The van der Waals surface area contributed by atoms with Gasteiger partial charge in [-0.3, -0.25) is 24.7 Å². The van der Waals surface area contributed by atoms with Gasteiger partial charge in [0.2, 0.25) is 0 Å². The lowest BCUT2D eigenvalue weighted by atomic mass is 10.0. The Morgan fingerprint density at radius 3 is 1.81 bits per heavy atom. The van der Waals surface area contributed by atoms with Gasteiger partial charge in [-0.2, -0.15) is 0 Å². The number of amides is 1. The number of hydrogen-bond donors (Lipinski definition) is 2. The molecule has 2 aromatic carbocycles. The standard InChI is InChI=1S/C26H36N4O2/c1-20-15-29(18-23-9-11-25(12-10-23)26(31)27-32)16-21(2)30(20)19-24-7-5-22(6-8-24)17-28-13-3-4-14-28/h5-12,20-21,32H,3-4,13-19H2,1-2H3,(H,27,31). The minimum Gasteiger partial charge on any atom is -0.299 e. The molecule has 0 spiro atoms. The summed E-state index contributed by atoms with van der Waals surface area (Å²) < 4.78 is 0. The Balaban J connectivity index is 1.30. The maximum atomic E-state index is 11.5. The largest absolute Gasteiger partial charge is 0.299 e. The zero-order valence-electron chi connectivity index (χ0n) is 19.3. The van der Waals surface area contributed by atoms with Crippen LogP contribution in [0.25, 0.3) is 0 Å². The summed E-state index contributed by atoms with van der Waals surface area (Å²) in [6.45, 7) is 12.1. The molecule has 2 saturated heterocycles. The Labute approximate surface area is 191 Å². The quantitative estimate of drug-likeness (QED) is 0.514. The van der Waals surface area contributed by atoms with Crippen LogP contribution in [0.4, 0.5) is 0 Å². The number of likely N-dealkylation sites (tertiary alicyclic amines) is 1. The molecule has 2 aliphatic heterocycles. The van der Waals surface area contributed by atoms with Crippen molar-refractivity contribution in [3.63, 3.8) is 0 Å². The number of piperazine rings is 1. The van der Waals surface area contributed by atoms with Gasteiger partial charge >= 0.3 is 0 Å². The highest BCUT2D eigenvalue weighted by atomic mass is 16.5. The van der Waals surface area contributed by atoms with E-state index < -0.39 is 5.91 Å². The van der Waals surface area contributed by atoms with E-state index in [0.717, 1.165) is 32.7 Å². The summed E-state index contributed by atoms with van der Waals surface area (Å²) in [5.74, 6) is -0.475. The molecule has 1 amide bonds. The topological polar surface area (TPSA) is 59.1 Å². The van der Waals surface area contributed by atoms with Crippen molar-refractivity contribution < 1.29 is 10.0 Å². The van der Waals surface area contributed by atoms with E-state index in [4.69, 9.17) is 5.21 Å². The lowest BCUT2D eigenvalue weighted by Crippen LogP contribution is -2.55. The predicted molar refractivity (Wildman–Crippen MR) is 126 cm³/mol. The number of carbonyl (C=O) groups is 1. The molecule has 0 aliphatic carbocycles. The predicted octanol–water partition coefficient (Wildman–Crippen LogP) is 3.50. The van der Waals surface area contributed by atoms with E-state index in [2.05, 4.69) is 52.8 Å². The van der Waals surface area contributed by atoms with Crippen molar-refractivity contribution in [3.8, 4) is 0 Å². The van der Waals surface area contributed by atoms with Gasteiger partial charge in [0.1, 0.15) is 0 Å². The molecule has 2 aliphatic rings. The second kappa shape index (κ2) is 10.6. The number of benzene rings is 2. The van der Waals surface area contributed by atoms with Gasteiger partial charge < -0.3 is 0 Å². The van der Waals surface area contributed by atoms with Crippen molar-refractivity contribution >= 4 is 5.91 Å². The maximum Gasteiger partial charge on any atom is 0.274 e. The molecular weight excluding hydrogens is 400 g/mol. The van der Waals surface area contributed by atoms with E-state index in [1.165, 1.54) is 42.6 Å². The van der Waals surface area contributed by atoms with Crippen molar-refractivity contribution in [1.29, 1.82) is 0 Å². The van der Waals surface area contributed by atoms with E-state index in [1.54, 1.807) is 17.6 Å². The van der Waals surface area contributed by atoms with Gasteiger partial charge in [-0.05, 0) is 68.6 Å². The van der Waals surface area contributed by atoms with E-state index in [-0.39, 0.29) is 0 Å². The molecule has 0 aromatic heterocycles. The van der Waals surface area contributed by atoms with Gasteiger partial charge in [0.15, 0.2) is 0 Å². The van der Waals surface area contributed by atoms with Crippen LogP contribution >= 0.6 is 0 Å². The molecule has 2 atom stereocenters. The lowest BCUT2D eigenvalue weighted by molar-refractivity contribution is 0.0290. The highest BCUT2D eigenvalue weighted by molar-refractivity contribution is 5.93. The fourth-order valence-corrected chi connectivity index (χ4v) is 5.15. The third-order valence-corrected chi connectivity index (χ3v) is 6.89. The molecule has 6 nitrogen and oxygen atoms in total. The second-order valence-electron chi connectivity index (χ2n) is 9.50. The molecular formula is C26H36N4O2. The number of nitrogens with one attached hydrogen (secondary N) is 1. The van der Waals surface area contributed by atoms with Crippen LogP contribution in [0.15, 0.2) is 48.5 Å². The molecule has 172 valence electrons. The molecule has 0 saturated carbocycles. The summed E-state index contributed by atoms with van der Waals surface area (Å²) in [6, 6.07) is 17.6. The van der Waals surface area contributed by atoms with Crippen LogP contribution in [0.1, 0.15) is 53.7 Å². The van der Waals surface area contributed by atoms with Crippen LogP contribution in [0.5, 0.6) is 0 Å². The summed E-state index contributed by atoms with van der Waals surface area (Å²) in [5.41, 5.74) is 6.14. The average Bonchev–Trinajstić information content (AvgIpc) is 3.30. The monoisotopic (exact) mass is 436 g/mol. The first-order valence-electron chi connectivity index (χ1n) is 11.8. The van der Waals surface area contributed by atoms with Crippen LogP contribution in [0, 0.1) is 0 Å². The number of hydrogen-bond acceptors (Lipinski definition) is 5. The molecule has 6 heteroatoms. The Morgan fingerprint density at radius 1 is 0.812 bits per heavy atom. The molecule has 0 bridgehead atoms. The average molecular weight is 437 g/mol. The lowest BCUT2D eigenvalue weighted by Gasteiger charge is -2.44. The third kappa shape index (κ3) is 5.75. The number of carbonyl (C=O) groups excluding carboxylic acids is 1. The second-order valence-corrected chi connectivity index (χ2v) is 9.50. The SMILES string of the molecule is CC1CN(Cc2ccc(C(=O)NO)cc2)CC(C)N1Cc1ccc(CN2CCCC2)cc1. The van der Waals surface area contributed by atoms with Crippen LogP contribution < -0.4 is 5.48 Å². The number of rotatable bonds is 7. The van der Waals surface area contributed by atoms with Gasteiger partial charge in [0.25, 0.3) is 5.91 Å². The van der Waals surface area contributed by atoms with E-state index in [1.807, 2.05) is 12.1 Å². The maximum absolute atomic E-state index is 11.5. The van der Waals surface area contributed by atoms with Crippen LogP contribution in [0.3, 0.4) is 0 Å². The molecule has 32 heavy (non-hydrogen) atoms. The number of hydroxylamine groups is 1. The number of nitrogens with zero attached hydrogens (tertiary/aromatic N) is 3. The van der Waals surface area contributed by atoms with Crippen molar-refractivity contribution in [2.45, 2.75) is 58.4 Å². The van der Waals surface area contributed by atoms with Gasteiger partial charge in [-0.25, -0.2) is 5.48 Å². The zero-order chi connectivity index (χ0) is 22.5. The molecule has 2 unspecified atom stereocenters. The Morgan fingerprint density at radius 2 is 1.28 bits per heavy atom. The van der Waals surface area contributed by atoms with E-state index >= 15 is 0 Å². The molecule has 2 N–H and O–H groups in total. The molecule has 0 radical (unpaired) electrons. The van der Waals surface area contributed by atoms with Gasteiger partial charge in [0.05, 0.1) is 0 Å². The van der Waals surface area contributed by atoms with Crippen LogP contribution in [-0.2, 0) is 19.6 Å². The summed E-state index contributed by atoms with van der Waals surface area (Å²) in [6.07, 6.45) is 2.68. The molecule has 2 heterocycles. The fourth-order valence-electron chi connectivity index (χ4n) is 5.15. The Bertz CT molecular complexity index is 866. The molecule has 2 fully saturated rings. The normalized spacial score (nSPS) is 22.8. The van der Waals surface area contributed by atoms with E-state index in [9.17, 15) is 4.79 Å². The molecule has 2 aromatic rings. The van der Waals surface area contributed by atoms with Crippen LogP contribution in [0.2, 0.25) is 0 Å². The summed E-state index contributed by atoms with van der Waals surface area (Å²) in [4.78, 5) is 19.2. The summed E-state index contributed by atoms with van der Waals surface area (Å²) in [7, 11) is 0.